The Labute approximate surface area is 132 Å². The van der Waals surface area contributed by atoms with E-state index in [1.54, 1.807) is 0 Å². The van der Waals surface area contributed by atoms with Crippen molar-refractivity contribution in [3.05, 3.63) is 36.2 Å². The summed E-state index contributed by atoms with van der Waals surface area (Å²) in [5.74, 6) is 0.484. The fraction of sp³-hybridized carbons (Fsp3) is 0.143. The summed E-state index contributed by atoms with van der Waals surface area (Å²) in [5, 5.41) is 9.19. The Morgan fingerprint density at radius 1 is 1.09 bits per heavy atom. The Bertz CT molecular complexity index is 873. The summed E-state index contributed by atoms with van der Waals surface area (Å²) in [6.45, 7) is 0. The molecule has 0 amide bonds. The van der Waals surface area contributed by atoms with E-state index in [0.717, 1.165) is 12.1 Å². The number of benzene rings is 1. The molecule has 8 nitrogen and oxygen atoms in total. The summed E-state index contributed by atoms with van der Waals surface area (Å²) in [7, 11) is -1.73. The minimum Gasteiger partial charge on any atom is -0.497 e. The third-order valence-electron chi connectivity index (χ3n) is 2.82. The number of methoxy groups -OCH3 is 2. The van der Waals surface area contributed by atoms with E-state index in [0.29, 0.717) is 0 Å². The molecule has 0 aliphatic heterocycles. The van der Waals surface area contributed by atoms with Gasteiger partial charge in [-0.2, -0.15) is 13.7 Å². The molecule has 2 rings (SSSR count). The van der Waals surface area contributed by atoms with Crippen molar-refractivity contribution < 1.29 is 27.2 Å². The van der Waals surface area contributed by atoms with E-state index in [4.69, 9.17) is 18.8 Å². The summed E-state index contributed by atoms with van der Waals surface area (Å²) < 4.78 is 47.2. The van der Waals surface area contributed by atoms with E-state index in [-0.39, 0.29) is 28.6 Å². The van der Waals surface area contributed by atoms with Crippen molar-refractivity contribution >= 4 is 10.1 Å². The van der Waals surface area contributed by atoms with Gasteiger partial charge in [0.2, 0.25) is 0 Å². The Morgan fingerprint density at radius 2 is 1.74 bits per heavy atom. The van der Waals surface area contributed by atoms with Gasteiger partial charge in [-0.3, -0.25) is 9.54 Å². The van der Waals surface area contributed by atoms with Crippen LogP contribution in [-0.2, 0) is 10.1 Å². The quantitative estimate of drug-likeness (QED) is 0.824. The fourth-order valence-electron chi connectivity index (χ4n) is 1.76. The van der Waals surface area contributed by atoms with Crippen LogP contribution in [0, 0.1) is 11.3 Å². The smallest absolute Gasteiger partial charge is 0.294 e. The molecule has 1 aromatic carbocycles. The first kappa shape index (κ1) is 16.5. The van der Waals surface area contributed by atoms with Crippen LogP contribution in [0.4, 0.5) is 0 Å². The van der Waals surface area contributed by atoms with Gasteiger partial charge >= 0.3 is 0 Å². The van der Waals surface area contributed by atoms with Gasteiger partial charge in [0.25, 0.3) is 10.1 Å². The van der Waals surface area contributed by atoms with Crippen molar-refractivity contribution in [2.24, 2.45) is 0 Å². The minimum absolute atomic E-state index is 0.0449. The monoisotopic (exact) mass is 336 g/mol. The minimum atomic E-state index is -4.44. The van der Waals surface area contributed by atoms with Crippen LogP contribution in [0.2, 0.25) is 0 Å². The number of hydrogen-bond donors (Lipinski definition) is 1. The third-order valence-corrected chi connectivity index (χ3v) is 3.65. The zero-order valence-corrected chi connectivity index (χ0v) is 13.0. The van der Waals surface area contributed by atoms with E-state index in [1.165, 1.54) is 32.7 Å². The second-order valence-electron chi connectivity index (χ2n) is 4.25. The molecule has 0 aliphatic carbocycles. The Kier molecular flexibility index (Phi) is 4.68. The molecule has 0 aliphatic rings. The van der Waals surface area contributed by atoms with Crippen molar-refractivity contribution in [1.29, 1.82) is 5.26 Å². The first-order valence-electron chi connectivity index (χ1n) is 6.15. The van der Waals surface area contributed by atoms with Gasteiger partial charge in [0, 0.05) is 18.2 Å². The molecule has 1 aromatic heterocycles. The van der Waals surface area contributed by atoms with E-state index in [9.17, 15) is 13.7 Å². The molecule has 0 atom stereocenters. The van der Waals surface area contributed by atoms with Gasteiger partial charge in [0.15, 0.2) is 11.5 Å². The molecular formula is C14H12N2O6S. The van der Waals surface area contributed by atoms with Gasteiger partial charge in [0.1, 0.15) is 28.0 Å². The fourth-order valence-corrected chi connectivity index (χ4v) is 2.29. The van der Waals surface area contributed by atoms with Crippen LogP contribution in [0.5, 0.6) is 23.0 Å². The lowest BCUT2D eigenvalue weighted by molar-refractivity contribution is 0.398. The largest absolute Gasteiger partial charge is 0.497 e. The van der Waals surface area contributed by atoms with Crippen molar-refractivity contribution in [3.8, 4) is 29.1 Å². The summed E-state index contributed by atoms with van der Waals surface area (Å²) >= 11 is 0. The maximum Gasteiger partial charge on any atom is 0.294 e. The van der Waals surface area contributed by atoms with Gasteiger partial charge in [-0.25, -0.2) is 0 Å². The topological polar surface area (TPSA) is 119 Å². The second kappa shape index (κ2) is 6.51. The van der Waals surface area contributed by atoms with Crippen LogP contribution >= 0.6 is 0 Å². The maximum atomic E-state index is 11.3. The van der Waals surface area contributed by atoms with E-state index >= 15 is 0 Å². The molecule has 1 heterocycles. The standard InChI is InChI=1S/C14H12N2O6S/c1-20-9-3-10(5-11(4-9)23(17,18)19)22-14-8-16-7-13(21-2)12(14)6-15/h3-5,7-8H,1-2H3,(H,17,18,19). The molecule has 2 aromatic rings. The lowest BCUT2D eigenvalue weighted by atomic mass is 10.2. The number of aromatic nitrogens is 1. The molecule has 23 heavy (non-hydrogen) atoms. The Hall–Kier alpha value is -2.83. The van der Waals surface area contributed by atoms with Crippen LogP contribution in [0.25, 0.3) is 0 Å². The number of ether oxygens (including phenoxy) is 3. The average molecular weight is 336 g/mol. The van der Waals surface area contributed by atoms with Gasteiger partial charge < -0.3 is 14.2 Å². The predicted octanol–water partition coefficient (Wildman–Crippen LogP) is 2.01. The summed E-state index contributed by atoms with van der Waals surface area (Å²) in [6, 6.07) is 5.55. The summed E-state index contributed by atoms with van der Waals surface area (Å²) in [6.07, 6.45) is 2.63. The van der Waals surface area contributed by atoms with Gasteiger partial charge in [0.05, 0.1) is 26.6 Å². The highest BCUT2D eigenvalue weighted by Crippen LogP contribution is 2.33. The zero-order chi connectivity index (χ0) is 17.0. The molecule has 0 bridgehead atoms. The summed E-state index contributed by atoms with van der Waals surface area (Å²) in [4.78, 5) is 3.47. The van der Waals surface area contributed by atoms with Crippen LogP contribution in [-0.4, -0.2) is 32.2 Å². The van der Waals surface area contributed by atoms with Crippen LogP contribution < -0.4 is 14.2 Å². The molecule has 0 saturated heterocycles. The predicted molar refractivity (Wildman–Crippen MR) is 78.4 cm³/mol. The molecule has 1 N–H and O–H groups in total. The van der Waals surface area contributed by atoms with E-state index in [2.05, 4.69) is 4.98 Å². The number of pyridine rings is 1. The van der Waals surface area contributed by atoms with Crippen molar-refractivity contribution in [1.82, 2.24) is 4.98 Å². The first-order valence-corrected chi connectivity index (χ1v) is 7.59. The van der Waals surface area contributed by atoms with Crippen LogP contribution in [0.1, 0.15) is 5.56 Å². The number of nitrogens with zero attached hydrogens (tertiary/aromatic N) is 2. The third kappa shape index (κ3) is 3.68. The lowest BCUT2D eigenvalue weighted by Gasteiger charge is -2.11. The van der Waals surface area contributed by atoms with Gasteiger partial charge in [-0.1, -0.05) is 0 Å². The Morgan fingerprint density at radius 3 is 2.30 bits per heavy atom. The van der Waals surface area contributed by atoms with E-state index < -0.39 is 15.0 Å². The van der Waals surface area contributed by atoms with Gasteiger partial charge in [-0.05, 0) is 0 Å². The highest BCUT2D eigenvalue weighted by molar-refractivity contribution is 7.85. The lowest BCUT2D eigenvalue weighted by Crippen LogP contribution is -2.00. The Balaban J connectivity index is 2.51. The highest BCUT2D eigenvalue weighted by Gasteiger charge is 2.16. The zero-order valence-electron chi connectivity index (χ0n) is 12.2. The van der Waals surface area contributed by atoms with Gasteiger partial charge in [-0.15, -0.1) is 0 Å². The van der Waals surface area contributed by atoms with Crippen LogP contribution in [0.15, 0.2) is 35.5 Å². The molecule has 0 spiro atoms. The molecule has 9 heteroatoms. The summed E-state index contributed by atoms with van der Waals surface area (Å²) in [5.41, 5.74) is 0.0960. The van der Waals surface area contributed by atoms with Crippen molar-refractivity contribution in [2.45, 2.75) is 4.90 Å². The number of rotatable bonds is 5. The SMILES string of the molecule is COc1cc(Oc2cncc(OC)c2C#N)cc(S(=O)(=O)O)c1. The molecule has 120 valence electrons. The molecule has 0 saturated carbocycles. The average Bonchev–Trinajstić information content (AvgIpc) is 2.53. The van der Waals surface area contributed by atoms with Crippen LogP contribution in [0.3, 0.4) is 0 Å². The normalized spacial score (nSPS) is 10.7. The number of hydrogen-bond acceptors (Lipinski definition) is 7. The van der Waals surface area contributed by atoms with Crippen molar-refractivity contribution in [2.75, 3.05) is 14.2 Å². The van der Waals surface area contributed by atoms with Crippen molar-refractivity contribution in [3.63, 3.8) is 0 Å². The van der Waals surface area contributed by atoms with E-state index in [1.807, 2.05) is 6.07 Å². The molecular weight excluding hydrogens is 324 g/mol. The number of nitriles is 1. The molecule has 0 radical (unpaired) electrons. The highest BCUT2D eigenvalue weighted by atomic mass is 32.2. The maximum absolute atomic E-state index is 11.3. The molecule has 0 fully saturated rings. The first-order chi connectivity index (χ1) is 10.9. The second-order valence-corrected chi connectivity index (χ2v) is 5.67. The molecule has 0 unspecified atom stereocenters.